The van der Waals surface area contributed by atoms with Crippen molar-refractivity contribution in [2.24, 2.45) is 0 Å². The second-order valence-electron chi connectivity index (χ2n) is 13.0. The van der Waals surface area contributed by atoms with Crippen LogP contribution in [0.25, 0.3) is 0 Å². The van der Waals surface area contributed by atoms with Gasteiger partial charge in [0.25, 0.3) is 0 Å². The Bertz CT molecular complexity index is 582. The van der Waals surface area contributed by atoms with E-state index in [0.29, 0.717) is 19.8 Å². The van der Waals surface area contributed by atoms with Crippen molar-refractivity contribution >= 4 is 0 Å². The van der Waals surface area contributed by atoms with Gasteiger partial charge in [-0.15, -0.1) is 0 Å². The summed E-state index contributed by atoms with van der Waals surface area (Å²) >= 11 is 0. The van der Waals surface area contributed by atoms with Crippen LogP contribution in [0.3, 0.4) is 0 Å². The van der Waals surface area contributed by atoms with Gasteiger partial charge < -0.3 is 28.5 Å². The quantitative estimate of drug-likeness (QED) is 0.0572. The molecule has 0 unspecified atom stereocenters. The Balaban J connectivity index is 2.37. The number of methoxy groups -OCH3 is 2. The van der Waals surface area contributed by atoms with E-state index in [2.05, 4.69) is 19.3 Å². The van der Waals surface area contributed by atoms with E-state index in [1.165, 1.54) is 141 Å². The van der Waals surface area contributed by atoms with Crippen LogP contribution in [0.15, 0.2) is 0 Å². The molecule has 1 aliphatic heterocycles. The van der Waals surface area contributed by atoms with Crippen LogP contribution >= 0.6 is 0 Å². The molecule has 0 saturated carbocycles. The van der Waals surface area contributed by atoms with Gasteiger partial charge >= 0.3 is 0 Å². The Hall–Kier alpha value is -0.280. The van der Waals surface area contributed by atoms with E-state index in [9.17, 15) is 0 Å². The molecule has 1 saturated heterocycles. The summed E-state index contributed by atoms with van der Waals surface area (Å²) < 4.78 is 30.9. The molecule has 7 heteroatoms. The molecule has 0 amide bonds. The molecule has 7 nitrogen and oxygen atoms in total. The summed E-state index contributed by atoms with van der Waals surface area (Å²) in [5.74, 6) is 0. The molecular weight excluding hydrogens is 554 g/mol. The molecule has 0 bridgehead atoms. The predicted octanol–water partition coefficient (Wildman–Crippen LogP) is 9.70. The first-order chi connectivity index (χ1) is 21.7. The minimum atomic E-state index is -0.505. The Morgan fingerprint density at radius 3 is 1.20 bits per heavy atom. The molecule has 1 heterocycles. The molecule has 0 radical (unpaired) electrons. The van der Waals surface area contributed by atoms with Gasteiger partial charge in [0.1, 0.15) is 24.4 Å². The summed E-state index contributed by atoms with van der Waals surface area (Å²) in [6.07, 6.45) is 30.3. The maximum absolute atomic E-state index is 6.52. The second kappa shape index (κ2) is 31.3. The molecule has 5 atom stereocenters. The average molecular weight is 630 g/mol. The van der Waals surface area contributed by atoms with E-state index in [1.54, 1.807) is 21.3 Å². The molecular formula is C37H75NO6. The van der Waals surface area contributed by atoms with Crippen molar-refractivity contribution in [3.8, 4) is 0 Å². The van der Waals surface area contributed by atoms with Crippen molar-refractivity contribution in [1.29, 1.82) is 0 Å². The number of hydroxylamine groups is 1. The number of hydrogen-bond donors (Lipinski definition) is 1. The first-order valence-electron chi connectivity index (χ1n) is 18.9. The summed E-state index contributed by atoms with van der Waals surface area (Å²) in [6.45, 7) is 6.43. The molecule has 0 aromatic rings. The highest BCUT2D eigenvalue weighted by molar-refractivity contribution is 4.93. The third-order valence-corrected chi connectivity index (χ3v) is 9.14. The van der Waals surface area contributed by atoms with Crippen LogP contribution in [0.4, 0.5) is 0 Å². The van der Waals surface area contributed by atoms with E-state index in [-0.39, 0.29) is 24.4 Å². The number of nitrogens with one attached hydrogen (secondary N) is 1. The lowest BCUT2D eigenvalue weighted by atomic mass is 9.97. The maximum atomic E-state index is 6.52. The van der Waals surface area contributed by atoms with Crippen LogP contribution in [0, 0.1) is 0 Å². The highest BCUT2D eigenvalue weighted by Gasteiger charge is 2.48. The van der Waals surface area contributed by atoms with Crippen LogP contribution in [0.2, 0.25) is 0 Å². The van der Waals surface area contributed by atoms with Gasteiger partial charge in [0.05, 0.1) is 13.7 Å². The van der Waals surface area contributed by atoms with E-state index in [4.69, 9.17) is 28.5 Å². The third kappa shape index (κ3) is 20.8. The van der Waals surface area contributed by atoms with Gasteiger partial charge in [-0.3, -0.25) is 0 Å². The van der Waals surface area contributed by atoms with Gasteiger partial charge in [-0.05, 0) is 12.8 Å². The fourth-order valence-corrected chi connectivity index (χ4v) is 6.37. The van der Waals surface area contributed by atoms with Crippen molar-refractivity contribution in [2.75, 3.05) is 41.1 Å². The summed E-state index contributed by atoms with van der Waals surface area (Å²) in [7, 11) is 5.02. The van der Waals surface area contributed by atoms with Crippen molar-refractivity contribution in [3.05, 3.63) is 0 Å². The molecule has 264 valence electrons. The third-order valence-electron chi connectivity index (χ3n) is 9.14. The number of ether oxygens (including phenoxy) is 5. The number of unbranched alkanes of at least 4 members (excludes halogenated alkanes) is 22. The average Bonchev–Trinajstić information content (AvgIpc) is 3.04. The van der Waals surface area contributed by atoms with Crippen molar-refractivity contribution in [2.45, 2.75) is 199 Å². The highest BCUT2D eigenvalue weighted by Crippen LogP contribution is 2.29. The Kier molecular flexibility index (Phi) is 29.7. The largest absolute Gasteiger partial charge is 0.376 e. The van der Waals surface area contributed by atoms with E-state index in [0.717, 1.165) is 12.8 Å². The van der Waals surface area contributed by atoms with Crippen LogP contribution in [0.5, 0.6) is 0 Å². The lowest BCUT2D eigenvalue weighted by molar-refractivity contribution is -0.310. The van der Waals surface area contributed by atoms with Crippen LogP contribution in [-0.4, -0.2) is 71.8 Å². The number of hydrogen-bond acceptors (Lipinski definition) is 7. The zero-order chi connectivity index (χ0) is 31.9. The second-order valence-corrected chi connectivity index (χ2v) is 13.0. The monoisotopic (exact) mass is 630 g/mol. The summed E-state index contributed by atoms with van der Waals surface area (Å²) in [5, 5.41) is 0. The Labute approximate surface area is 273 Å². The molecule has 1 rings (SSSR count). The van der Waals surface area contributed by atoms with Gasteiger partial charge in [0.2, 0.25) is 0 Å². The van der Waals surface area contributed by atoms with Gasteiger partial charge in [0.15, 0.2) is 6.29 Å². The lowest BCUT2D eigenvalue weighted by Gasteiger charge is -2.45. The molecule has 0 aromatic carbocycles. The van der Waals surface area contributed by atoms with Crippen molar-refractivity contribution in [1.82, 2.24) is 5.48 Å². The summed E-state index contributed by atoms with van der Waals surface area (Å²) in [4.78, 5) is 5.11. The molecule has 1 aliphatic rings. The summed E-state index contributed by atoms with van der Waals surface area (Å²) in [6, 6.07) is 0. The topological polar surface area (TPSA) is 67.4 Å². The minimum absolute atomic E-state index is 0.257. The fraction of sp³-hybridized carbons (Fsp3) is 1.00. The molecule has 0 aliphatic carbocycles. The fourth-order valence-electron chi connectivity index (χ4n) is 6.37. The first-order valence-corrected chi connectivity index (χ1v) is 18.9. The van der Waals surface area contributed by atoms with Crippen molar-refractivity contribution < 1.29 is 28.5 Å². The SMILES string of the molecule is CCCCCCCCCCCCCCO[C@@H]1[C@@H](OCCCCCCCCCCCCCC)[C@@H](OC)O[C@H](CNOC)[C@H]1OC. The minimum Gasteiger partial charge on any atom is -0.376 e. The Morgan fingerprint density at radius 1 is 0.455 bits per heavy atom. The van der Waals surface area contributed by atoms with E-state index < -0.39 is 6.29 Å². The van der Waals surface area contributed by atoms with Gasteiger partial charge in [-0.25, -0.2) is 5.48 Å². The number of rotatable bonds is 33. The molecule has 44 heavy (non-hydrogen) atoms. The van der Waals surface area contributed by atoms with E-state index in [1.807, 2.05) is 0 Å². The van der Waals surface area contributed by atoms with Crippen LogP contribution < -0.4 is 5.48 Å². The molecule has 0 aromatic heterocycles. The normalized spacial score (nSPS) is 22.2. The van der Waals surface area contributed by atoms with E-state index >= 15 is 0 Å². The van der Waals surface area contributed by atoms with Gasteiger partial charge in [-0.1, -0.05) is 155 Å². The highest BCUT2D eigenvalue weighted by atomic mass is 16.7. The lowest BCUT2D eigenvalue weighted by Crippen LogP contribution is -2.62. The zero-order valence-corrected chi connectivity index (χ0v) is 29.9. The molecule has 0 spiro atoms. The van der Waals surface area contributed by atoms with Gasteiger partial charge in [0, 0.05) is 27.4 Å². The van der Waals surface area contributed by atoms with Crippen LogP contribution in [0.1, 0.15) is 168 Å². The molecule has 1 N–H and O–H groups in total. The standard InChI is InChI=1S/C37H75NO6/c1-6-8-10-12-14-16-18-20-22-24-26-28-30-42-35-34(39-3)33(32-38-41-5)44-37(40-4)36(35)43-31-29-27-25-23-21-19-17-15-13-11-9-7-2/h33-38H,6-32H2,1-5H3/t33-,34-,35+,36-,37+/m1/s1. The maximum Gasteiger partial charge on any atom is 0.186 e. The molecule has 1 fully saturated rings. The van der Waals surface area contributed by atoms with Crippen LogP contribution in [-0.2, 0) is 28.5 Å². The van der Waals surface area contributed by atoms with Gasteiger partial charge in [-0.2, -0.15) is 0 Å². The predicted molar refractivity (Wildman–Crippen MR) is 183 cm³/mol. The summed E-state index contributed by atoms with van der Waals surface area (Å²) in [5.41, 5.74) is 2.92. The van der Waals surface area contributed by atoms with Crippen molar-refractivity contribution in [3.63, 3.8) is 0 Å². The first kappa shape index (κ1) is 41.7. The Morgan fingerprint density at radius 2 is 0.841 bits per heavy atom. The zero-order valence-electron chi connectivity index (χ0n) is 29.9. The smallest absolute Gasteiger partial charge is 0.186 e.